The first-order valence-corrected chi connectivity index (χ1v) is 12.7. The van der Waals surface area contributed by atoms with E-state index in [1.807, 2.05) is 49.0 Å². The van der Waals surface area contributed by atoms with Gasteiger partial charge in [0.2, 0.25) is 0 Å². The van der Waals surface area contributed by atoms with Crippen molar-refractivity contribution >= 4 is 5.97 Å². The number of hydrogen-bond donors (Lipinski definition) is 0. The van der Waals surface area contributed by atoms with Gasteiger partial charge in [-0.25, -0.2) is 4.98 Å². The Balaban J connectivity index is 1.52. The Morgan fingerprint density at radius 1 is 1.17 bits per heavy atom. The number of aryl methyl sites for hydroxylation is 1. The standard InChI is InChI=1S/C30H38N2O3/c1-7-34-28(33)19-26(29-31-16-17-32(29)6)22-8-11-24(12-9-22)35-21(3)23-10-13-27-25(18-23)20(2)14-15-30(27,4)5/h8-13,16-18,20-21,26H,7,14-15,19H2,1-6H3. The number of ether oxygens (including phenoxy) is 2. The highest BCUT2D eigenvalue weighted by atomic mass is 16.5. The maximum absolute atomic E-state index is 12.3. The normalized spacial score (nSPS) is 18.4. The van der Waals surface area contributed by atoms with Gasteiger partial charge in [0, 0.05) is 19.4 Å². The first-order chi connectivity index (χ1) is 16.7. The maximum Gasteiger partial charge on any atom is 0.306 e. The molecule has 0 fully saturated rings. The van der Waals surface area contributed by atoms with E-state index in [4.69, 9.17) is 9.47 Å². The molecule has 5 nitrogen and oxygen atoms in total. The third-order valence-corrected chi connectivity index (χ3v) is 7.45. The SMILES string of the molecule is CCOC(=O)CC(c1ccc(OC(C)c2ccc3c(c2)C(C)CCC3(C)C)cc1)c1nccn1C. The van der Waals surface area contributed by atoms with Crippen LogP contribution in [0.1, 0.15) is 99.9 Å². The fourth-order valence-corrected chi connectivity index (χ4v) is 5.23. The first-order valence-electron chi connectivity index (χ1n) is 12.7. The van der Waals surface area contributed by atoms with Gasteiger partial charge in [0.1, 0.15) is 17.7 Å². The number of carbonyl (C=O) groups is 1. The van der Waals surface area contributed by atoms with E-state index in [0.717, 1.165) is 17.1 Å². The van der Waals surface area contributed by atoms with Crippen LogP contribution >= 0.6 is 0 Å². The lowest BCUT2D eigenvalue weighted by Crippen LogP contribution is -2.25. The van der Waals surface area contributed by atoms with Crippen molar-refractivity contribution < 1.29 is 14.3 Å². The van der Waals surface area contributed by atoms with Crippen molar-refractivity contribution in [3.8, 4) is 5.75 Å². The Bertz CT molecular complexity index is 1160. The molecule has 0 spiro atoms. The van der Waals surface area contributed by atoms with Crippen molar-refractivity contribution in [2.24, 2.45) is 7.05 Å². The van der Waals surface area contributed by atoms with Crippen LogP contribution in [-0.4, -0.2) is 22.1 Å². The number of rotatable bonds is 8. The van der Waals surface area contributed by atoms with E-state index in [0.29, 0.717) is 12.5 Å². The van der Waals surface area contributed by atoms with Crippen molar-refractivity contribution in [3.63, 3.8) is 0 Å². The van der Waals surface area contributed by atoms with Crippen LogP contribution in [0.25, 0.3) is 0 Å². The van der Waals surface area contributed by atoms with E-state index in [1.54, 1.807) is 6.20 Å². The van der Waals surface area contributed by atoms with Crippen LogP contribution in [0.4, 0.5) is 0 Å². The molecule has 3 atom stereocenters. The fraction of sp³-hybridized carbons (Fsp3) is 0.467. The molecule has 0 N–H and O–H groups in total. The number of fused-ring (bicyclic) bond motifs is 1. The summed E-state index contributed by atoms with van der Waals surface area (Å²) in [5, 5.41) is 0. The van der Waals surface area contributed by atoms with Crippen molar-refractivity contribution in [1.82, 2.24) is 9.55 Å². The summed E-state index contributed by atoms with van der Waals surface area (Å²) in [6.45, 7) is 11.3. The zero-order valence-corrected chi connectivity index (χ0v) is 21.9. The number of aromatic nitrogens is 2. The Kier molecular flexibility index (Phi) is 7.34. The highest BCUT2D eigenvalue weighted by molar-refractivity contribution is 5.71. The van der Waals surface area contributed by atoms with Crippen LogP contribution in [0, 0.1) is 0 Å². The molecule has 4 rings (SSSR count). The van der Waals surface area contributed by atoms with Gasteiger partial charge in [0.05, 0.1) is 18.9 Å². The maximum atomic E-state index is 12.3. The van der Waals surface area contributed by atoms with Gasteiger partial charge < -0.3 is 14.0 Å². The van der Waals surface area contributed by atoms with Gasteiger partial charge in [-0.1, -0.05) is 51.1 Å². The summed E-state index contributed by atoms with van der Waals surface area (Å²) in [7, 11) is 1.94. The Morgan fingerprint density at radius 2 is 1.89 bits per heavy atom. The predicted octanol–water partition coefficient (Wildman–Crippen LogP) is 6.82. The smallest absolute Gasteiger partial charge is 0.306 e. The zero-order valence-electron chi connectivity index (χ0n) is 21.9. The Morgan fingerprint density at radius 3 is 2.54 bits per heavy atom. The quantitative estimate of drug-likeness (QED) is 0.336. The van der Waals surface area contributed by atoms with E-state index in [1.165, 1.54) is 29.5 Å². The van der Waals surface area contributed by atoms with Crippen molar-refractivity contribution in [2.45, 2.75) is 77.2 Å². The van der Waals surface area contributed by atoms with Gasteiger partial charge in [-0.3, -0.25) is 4.79 Å². The summed E-state index contributed by atoms with van der Waals surface area (Å²) in [6.07, 6.45) is 6.30. The molecule has 1 aromatic heterocycles. The van der Waals surface area contributed by atoms with Gasteiger partial charge in [0.15, 0.2) is 0 Å². The molecule has 186 valence electrons. The lowest BCUT2D eigenvalue weighted by atomic mass is 9.69. The van der Waals surface area contributed by atoms with Gasteiger partial charge in [-0.05, 0) is 72.4 Å². The van der Waals surface area contributed by atoms with E-state index >= 15 is 0 Å². The van der Waals surface area contributed by atoms with Gasteiger partial charge in [-0.15, -0.1) is 0 Å². The molecule has 3 unspecified atom stereocenters. The summed E-state index contributed by atoms with van der Waals surface area (Å²) in [4.78, 5) is 16.8. The van der Waals surface area contributed by atoms with Crippen LogP contribution in [-0.2, 0) is 22.0 Å². The van der Waals surface area contributed by atoms with Crippen LogP contribution in [0.2, 0.25) is 0 Å². The van der Waals surface area contributed by atoms with Crippen molar-refractivity contribution in [1.29, 1.82) is 0 Å². The molecule has 0 aliphatic heterocycles. The number of benzene rings is 2. The molecule has 35 heavy (non-hydrogen) atoms. The van der Waals surface area contributed by atoms with Crippen LogP contribution in [0.15, 0.2) is 54.9 Å². The first kappa shape index (κ1) is 25.0. The topological polar surface area (TPSA) is 53.4 Å². The van der Waals surface area contributed by atoms with Gasteiger partial charge in [-0.2, -0.15) is 0 Å². The van der Waals surface area contributed by atoms with E-state index in [9.17, 15) is 4.79 Å². The number of esters is 1. The summed E-state index contributed by atoms with van der Waals surface area (Å²) in [5.41, 5.74) is 5.37. The largest absolute Gasteiger partial charge is 0.486 e. The molecule has 2 aromatic carbocycles. The highest BCUT2D eigenvalue weighted by Crippen LogP contribution is 2.43. The minimum Gasteiger partial charge on any atom is -0.486 e. The number of imidazole rings is 1. The van der Waals surface area contributed by atoms with Crippen LogP contribution in [0.3, 0.4) is 0 Å². The predicted molar refractivity (Wildman–Crippen MR) is 139 cm³/mol. The number of nitrogens with zero attached hydrogens (tertiary/aromatic N) is 2. The van der Waals surface area contributed by atoms with E-state index in [2.05, 4.69) is 50.9 Å². The average Bonchev–Trinajstić information content (AvgIpc) is 3.26. The van der Waals surface area contributed by atoms with Gasteiger partial charge in [0.25, 0.3) is 0 Å². The van der Waals surface area contributed by atoms with Crippen molar-refractivity contribution in [3.05, 3.63) is 82.9 Å². The summed E-state index contributed by atoms with van der Waals surface area (Å²) in [5.74, 6) is 1.82. The molecule has 0 saturated heterocycles. The fourth-order valence-electron chi connectivity index (χ4n) is 5.23. The third kappa shape index (κ3) is 5.44. The summed E-state index contributed by atoms with van der Waals surface area (Å²) >= 11 is 0. The average molecular weight is 475 g/mol. The third-order valence-electron chi connectivity index (χ3n) is 7.45. The Labute approximate surface area is 209 Å². The van der Waals surface area contributed by atoms with Crippen LogP contribution < -0.4 is 4.74 Å². The summed E-state index contributed by atoms with van der Waals surface area (Å²) in [6, 6.07) is 14.9. The molecule has 1 aliphatic rings. The monoisotopic (exact) mass is 474 g/mol. The van der Waals surface area contributed by atoms with Gasteiger partial charge >= 0.3 is 5.97 Å². The van der Waals surface area contributed by atoms with Crippen molar-refractivity contribution in [2.75, 3.05) is 6.61 Å². The molecule has 0 saturated carbocycles. The van der Waals surface area contributed by atoms with Crippen LogP contribution in [0.5, 0.6) is 5.75 Å². The summed E-state index contributed by atoms with van der Waals surface area (Å²) < 4.78 is 13.5. The second-order valence-electron chi connectivity index (χ2n) is 10.5. The lowest BCUT2D eigenvalue weighted by Gasteiger charge is -2.36. The highest BCUT2D eigenvalue weighted by Gasteiger charge is 2.31. The molecular weight excluding hydrogens is 436 g/mol. The minimum absolute atomic E-state index is 0.0618. The number of carbonyl (C=O) groups excluding carboxylic acids is 1. The second kappa shape index (κ2) is 10.3. The molecule has 1 heterocycles. The zero-order chi connectivity index (χ0) is 25.2. The molecule has 1 aliphatic carbocycles. The molecule has 3 aromatic rings. The second-order valence-corrected chi connectivity index (χ2v) is 10.5. The van der Waals surface area contributed by atoms with E-state index in [-0.39, 0.29) is 29.8 Å². The molecule has 0 bridgehead atoms. The molecule has 0 amide bonds. The molecule has 5 heteroatoms. The molecular formula is C30H38N2O3. The Hall–Kier alpha value is -3.08. The molecule has 0 radical (unpaired) electrons. The minimum atomic E-state index is -0.223. The van der Waals surface area contributed by atoms with E-state index < -0.39 is 0 Å². The number of hydrogen-bond acceptors (Lipinski definition) is 4. The lowest BCUT2D eigenvalue weighted by molar-refractivity contribution is -0.143.